The Hall–Kier alpha value is -3.70. The first-order chi connectivity index (χ1) is 17.5. The van der Waals surface area contributed by atoms with Crippen LogP contribution in [0, 0.1) is 5.82 Å². The van der Waals surface area contributed by atoms with E-state index in [2.05, 4.69) is 25.4 Å². The van der Waals surface area contributed by atoms with Gasteiger partial charge in [-0.25, -0.2) is 23.7 Å². The summed E-state index contributed by atoms with van der Waals surface area (Å²) in [6, 6.07) is 7.13. The number of anilines is 2. The third-order valence-corrected chi connectivity index (χ3v) is 7.23. The zero-order valence-electron chi connectivity index (χ0n) is 19.7. The lowest BCUT2D eigenvalue weighted by atomic mass is 10.0. The van der Waals surface area contributed by atoms with Gasteiger partial charge < -0.3 is 15.0 Å². The third-order valence-electron chi connectivity index (χ3n) is 6.39. The van der Waals surface area contributed by atoms with Crippen molar-refractivity contribution in [3.05, 3.63) is 54.3 Å². The fourth-order valence-corrected chi connectivity index (χ4v) is 5.26. The van der Waals surface area contributed by atoms with E-state index in [0.717, 1.165) is 17.7 Å². The van der Waals surface area contributed by atoms with Crippen LogP contribution in [0.2, 0.25) is 0 Å². The van der Waals surface area contributed by atoms with E-state index in [-0.39, 0.29) is 5.69 Å². The fraction of sp³-hybridized carbons (Fsp3) is 0.280. The lowest BCUT2D eigenvalue weighted by Crippen LogP contribution is -2.45. The second-order valence-corrected chi connectivity index (χ2v) is 9.82. The molecule has 2 atom stereocenters. The number of thiazole rings is 1. The van der Waals surface area contributed by atoms with Gasteiger partial charge in [0.05, 0.1) is 38.5 Å². The molecular formula is C25H23F2N7OS. The first-order valence-electron chi connectivity index (χ1n) is 11.5. The maximum Gasteiger partial charge on any atom is 0.166 e. The van der Waals surface area contributed by atoms with Gasteiger partial charge in [0.2, 0.25) is 0 Å². The molecule has 6 rings (SSSR count). The standard InChI is InChI=1S/C25H23F2N7OS/c1-33-6-5-20(16(26)11-33)35-21-8-14(15-9-31-34(2)10-15)7-19-22(21)25(29-12-28-19)32-17-3-4-18-24(23(17)27)36-13-30-18/h3-4,7-10,12-13,16,20H,5-6,11H2,1-2H3,(H,28,29,32)/t16-,20-/m1/s1. The molecule has 1 aliphatic heterocycles. The highest BCUT2D eigenvalue weighted by Crippen LogP contribution is 2.38. The van der Waals surface area contributed by atoms with Gasteiger partial charge in [0.25, 0.3) is 0 Å². The van der Waals surface area contributed by atoms with Crippen molar-refractivity contribution in [2.45, 2.75) is 18.7 Å². The normalized spacial score (nSPS) is 18.7. The molecule has 4 heterocycles. The largest absolute Gasteiger partial charge is 0.486 e. The molecule has 0 amide bonds. The van der Waals surface area contributed by atoms with Crippen LogP contribution >= 0.6 is 11.3 Å². The van der Waals surface area contributed by atoms with Gasteiger partial charge in [-0.05, 0) is 43.3 Å². The van der Waals surface area contributed by atoms with Crippen LogP contribution in [-0.4, -0.2) is 62.0 Å². The monoisotopic (exact) mass is 507 g/mol. The molecule has 1 aliphatic rings. The molecular weight excluding hydrogens is 484 g/mol. The Morgan fingerprint density at radius 2 is 2.00 bits per heavy atom. The van der Waals surface area contributed by atoms with Crippen molar-refractivity contribution in [2.24, 2.45) is 7.05 Å². The van der Waals surface area contributed by atoms with Crippen LogP contribution in [0.1, 0.15) is 6.42 Å². The number of alkyl halides is 1. The van der Waals surface area contributed by atoms with Crippen molar-refractivity contribution < 1.29 is 13.5 Å². The molecule has 2 aromatic carbocycles. The topological polar surface area (TPSA) is 81.0 Å². The predicted molar refractivity (Wildman–Crippen MR) is 136 cm³/mol. The maximum atomic E-state index is 15.2. The minimum absolute atomic E-state index is 0.261. The number of piperidine rings is 1. The summed E-state index contributed by atoms with van der Waals surface area (Å²) in [4.78, 5) is 15.0. The highest BCUT2D eigenvalue weighted by Gasteiger charge is 2.30. The van der Waals surface area contributed by atoms with E-state index in [1.165, 1.54) is 17.7 Å². The highest BCUT2D eigenvalue weighted by atomic mass is 32.1. The Labute approximate surface area is 209 Å². The average molecular weight is 508 g/mol. The number of ether oxygens (including phenoxy) is 1. The number of nitrogens with zero attached hydrogens (tertiary/aromatic N) is 6. The van der Waals surface area contributed by atoms with Gasteiger partial charge in [0.1, 0.15) is 30.2 Å². The van der Waals surface area contributed by atoms with Crippen molar-refractivity contribution in [1.29, 1.82) is 0 Å². The van der Waals surface area contributed by atoms with Gasteiger partial charge in [0.15, 0.2) is 5.82 Å². The Morgan fingerprint density at radius 1 is 1.11 bits per heavy atom. The number of aryl methyl sites for hydroxylation is 1. The number of halogens is 2. The van der Waals surface area contributed by atoms with Gasteiger partial charge in [0, 0.05) is 31.9 Å². The molecule has 8 nitrogen and oxygen atoms in total. The van der Waals surface area contributed by atoms with Crippen LogP contribution in [0.4, 0.5) is 20.3 Å². The molecule has 11 heteroatoms. The average Bonchev–Trinajstić information content (AvgIpc) is 3.52. The molecule has 3 aromatic heterocycles. The number of rotatable bonds is 5. The van der Waals surface area contributed by atoms with Crippen molar-refractivity contribution in [3.63, 3.8) is 0 Å². The maximum absolute atomic E-state index is 15.2. The molecule has 0 unspecified atom stereocenters. The van der Waals surface area contributed by atoms with E-state index in [9.17, 15) is 4.39 Å². The van der Waals surface area contributed by atoms with Crippen LogP contribution < -0.4 is 10.1 Å². The van der Waals surface area contributed by atoms with Gasteiger partial charge in [-0.1, -0.05) is 0 Å². The van der Waals surface area contributed by atoms with Gasteiger partial charge in [-0.2, -0.15) is 5.10 Å². The zero-order chi connectivity index (χ0) is 24.8. The summed E-state index contributed by atoms with van der Waals surface area (Å²) in [6.07, 6.45) is 3.83. The van der Waals surface area contributed by atoms with Crippen molar-refractivity contribution in [1.82, 2.24) is 29.6 Å². The fourth-order valence-electron chi connectivity index (χ4n) is 4.53. The number of hydrogen-bond donors (Lipinski definition) is 1. The van der Waals surface area contributed by atoms with Crippen LogP contribution in [0.5, 0.6) is 5.75 Å². The molecule has 0 saturated carbocycles. The van der Waals surface area contributed by atoms with E-state index >= 15 is 4.39 Å². The summed E-state index contributed by atoms with van der Waals surface area (Å²) >= 11 is 1.23. The molecule has 5 aromatic rings. The van der Waals surface area contributed by atoms with Crippen LogP contribution in [0.3, 0.4) is 0 Å². The molecule has 184 valence electrons. The summed E-state index contributed by atoms with van der Waals surface area (Å²) < 4.78 is 38.6. The minimum Gasteiger partial charge on any atom is -0.486 e. The molecule has 1 N–H and O–H groups in total. The number of benzene rings is 2. The van der Waals surface area contributed by atoms with E-state index in [1.807, 2.05) is 37.3 Å². The lowest BCUT2D eigenvalue weighted by molar-refractivity contribution is 0.0323. The first kappa shape index (κ1) is 22.7. The Balaban J connectivity index is 1.47. The third kappa shape index (κ3) is 4.14. The molecule has 1 fully saturated rings. The Bertz CT molecular complexity index is 1570. The van der Waals surface area contributed by atoms with Crippen LogP contribution in [-0.2, 0) is 7.05 Å². The van der Waals surface area contributed by atoms with E-state index in [4.69, 9.17) is 4.74 Å². The first-order valence-corrected chi connectivity index (χ1v) is 12.4. The smallest absolute Gasteiger partial charge is 0.166 e. The second kappa shape index (κ2) is 9.07. The summed E-state index contributed by atoms with van der Waals surface area (Å²) in [5.74, 6) is 0.403. The van der Waals surface area contributed by atoms with Crippen molar-refractivity contribution >= 4 is 44.0 Å². The molecule has 36 heavy (non-hydrogen) atoms. The Kier molecular flexibility index (Phi) is 5.73. The zero-order valence-corrected chi connectivity index (χ0v) is 20.5. The van der Waals surface area contributed by atoms with Gasteiger partial charge >= 0.3 is 0 Å². The van der Waals surface area contributed by atoms with Gasteiger partial charge in [-0.3, -0.25) is 4.68 Å². The van der Waals surface area contributed by atoms with E-state index in [1.54, 1.807) is 28.5 Å². The van der Waals surface area contributed by atoms with Crippen LogP contribution in [0.25, 0.3) is 32.2 Å². The van der Waals surface area contributed by atoms with Gasteiger partial charge in [-0.15, -0.1) is 11.3 Å². The second-order valence-electron chi connectivity index (χ2n) is 8.97. The number of likely N-dealkylation sites (tertiary alicyclic amines) is 1. The van der Waals surface area contributed by atoms with Crippen LogP contribution in [0.15, 0.2) is 48.5 Å². The number of hydrogen-bond acceptors (Lipinski definition) is 8. The predicted octanol–water partition coefficient (Wildman–Crippen LogP) is 4.94. The Morgan fingerprint density at radius 3 is 2.81 bits per heavy atom. The minimum atomic E-state index is -1.15. The summed E-state index contributed by atoms with van der Waals surface area (Å²) in [6.45, 7) is 1.03. The van der Waals surface area contributed by atoms with E-state index in [0.29, 0.717) is 45.7 Å². The quantitative estimate of drug-likeness (QED) is 0.361. The SMILES string of the molecule is CN1CC[C@@H](Oc2cc(-c3cnn(C)c3)cc3ncnc(Nc4ccc5ncsc5c4F)c23)[C@H](F)C1. The molecule has 0 radical (unpaired) electrons. The molecule has 0 spiro atoms. The summed E-state index contributed by atoms with van der Waals surface area (Å²) in [7, 11) is 3.73. The lowest BCUT2D eigenvalue weighted by Gasteiger charge is -2.32. The summed E-state index contributed by atoms with van der Waals surface area (Å²) in [5.41, 5.74) is 4.76. The number of nitrogens with one attached hydrogen (secondary N) is 1. The summed E-state index contributed by atoms with van der Waals surface area (Å²) in [5, 5.41) is 7.93. The van der Waals surface area contributed by atoms with Crippen molar-refractivity contribution in [3.8, 4) is 16.9 Å². The van der Waals surface area contributed by atoms with E-state index < -0.39 is 18.1 Å². The number of fused-ring (bicyclic) bond motifs is 2. The van der Waals surface area contributed by atoms with Crippen molar-refractivity contribution in [2.75, 3.05) is 25.5 Å². The molecule has 0 bridgehead atoms. The molecule has 0 aliphatic carbocycles. The highest BCUT2D eigenvalue weighted by molar-refractivity contribution is 7.16. The molecule has 1 saturated heterocycles. The number of aromatic nitrogens is 5.